The number of sulfonamides is 1. The molecule has 0 aliphatic heterocycles. The fraction of sp³-hybridized carbons (Fsp3) is 0.138. The minimum atomic E-state index is -4.01. The van der Waals surface area contributed by atoms with Crippen LogP contribution in [0.1, 0.15) is 28.6 Å². The lowest BCUT2D eigenvalue weighted by Crippen LogP contribution is -2.39. The van der Waals surface area contributed by atoms with Crippen molar-refractivity contribution < 1.29 is 27.2 Å². The lowest BCUT2D eigenvalue weighted by molar-refractivity contribution is -0.119. The Balaban J connectivity index is 1.43. The number of para-hydroxylation sites is 1. The molecule has 0 atom stereocenters. The highest BCUT2D eigenvalue weighted by atomic mass is 32.2. The molecule has 1 N–H and O–H groups in total. The van der Waals surface area contributed by atoms with E-state index in [0.717, 1.165) is 15.4 Å². The number of esters is 1. The number of ether oxygens (including phenoxy) is 1. The van der Waals surface area contributed by atoms with Crippen LogP contribution in [0.4, 0.5) is 5.69 Å². The van der Waals surface area contributed by atoms with Crippen LogP contribution in [0.2, 0.25) is 0 Å². The topological polar surface area (TPSA) is 118 Å². The van der Waals surface area contributed by atoms with Crippen LogP contribution in [0.15, 0.2) is 105 Å². The molecule has 4 rings (SSSR count). The van der Waals surface area contributed by atoms with E-state index in [1.54, 1.807) is 85.8 Å². The summed E-state index contributed by atoms with van der Waals surface area (Å²) < 4.78 is 38.5. The summed E-state index contributed by atoms with van der Waals surface area (Å²) in [5, 5.41) is 3.92. The number of hydrogen-bond donors (Lipinski definition) is 1. The first-order valence-electron chi connectivity index (χ1n) is 12.1. The maximum Gasteiger partial charge on any atom is 0.338 e. The Morgan fingerprint density at radius 1 is 0.949 bits per heavy atom. The summed E-state index contributed by atoms with van der Waals surface area (Å²) in [6.45, 7) is 3.42. The molecule has 0 radical (unpaired) electrons. The number of anilines is 1. The molecular weight excluding hydrogens is 518 g/mol. The summed E-state index contributed by atoms with van der Waals surface area (Å²) in [5.74, 6) is -0.124. The fourth-order valence-electron chi connectivity index (χ4n) is 3.64. The monoisotopic (exact) mass is 545 g/mol. The highest BCUT2D eigenvalue weighted by Crippen LogP contribution is 2.24. The van der Waals surface area contributed by atoms with Gasteiger partial charge >= 0.3 is 5.97 Å². The van der Waals surface area contributed by atoms with Gasteiger partial charge in [-0.25, -0.2) is 18.6 Å². The normalized spacial score (nSPS) is 11.3. The Hall–Kier alpha value is -4.70. The van der Waals surface area contributed by atoms with Crippen molar-refractivity contribution in [3.8, 4) is 11.3 Å². The van der Waals surface area contributed by atoms with Crippen LogP contribution in [-0.2, 0) is 19.6 Å². The Bertz CT molecular complexity index is 1560. The number of furan rings is 1. The van der Waals surface area contributed by atoms with E-state index < -0.39 is 28.4 Å². The van der Waals surface area contributed by atoms with Crippen LogP contribution in [0, 0.1) is 6.92 Å². The fourth-order valence-corrected chi connectivity index (χ4v) is 5.06. The van der Waals surface area contributed by atoms with E-state index >= 15 is 0 Å². The Morgan fingerprint density at radius 2 is 1.64 bits per heavy atom. The molecule has 3 aromatic carbocycles. The van der Waals surface area contributed by atoms with Crippen LogP contribution in [0.5, 0.6) is 0 Å². The number of hydrazone groups is 1. The molecule has 4 aromatic rings. The molecule has 0 spiro atoms. The zero-order valence-electron chi connectivity index (χ0n) is 21.4. The molecule has 0 unspecified atom stereocenters. The van der Waals surface area contributed by atoms with Crippen molar-refractivity contribution in [3.05, 3.63) is 108 Å². The number of benzene rings is 3. The number of nitrogens with one attached hydrogen (secondary N) is 1. The predicted molar refractivity (Wildman–Crippen MR) is 148 cm³/mol. The summed E-state index contributed by atoms with van der Waals surface area (Å²) >= 11 is 0. The van der Waals surface area contributed by atoms with Crippen molar-refractivity contribution in [2.45, 2.75) is 18.7 Å². The summed E-state index contributed by atoms with van der Waals surface area (Å²) in [4.78, 5) is 24.6. The maximum absolute atomic E-state index is 13.4. The van der Waals surface area contributed by atoms with E-state index in [-0.39, 0.29) is 4.90 Å². The van der Waals surface area contributed by atoms with Crippen molar-refractivity contribution in [1.29, 1.82) is 0 Å². The van der Waals surface area contributed by atoms with Crippen molar-refractivity contribution in [2.75, 3.05) is 17.5 Å². The van der Waals surface area contributed by atoms with Gasteiger partial charge in [0.25, 0.3) is 15.9 Å². The van der Waals surface area contributed by atoms with Crippen LogP contribution in [-0.4, -0.2) is 39.7 Å². The Kier molecular flexibility index (Phi) is 8.57. The zero-order chi connectivity index (χ0) is 27.8. The van der Waals surface area contributed by atoms with Crippen molar-refractivity contribution in [2.24, 2.45) is 5.10 Å². The lowest BCUT2D eigenvalue weighted by Gasteiger charge is -2.23. The van der Waals surface area contributed by atoms with Gasteiger partial charge in [0.05, 0.1) is 29.0 Å². The molecule has 1 aromatic heterocycles. The Morgan fingerprint density at radius 3 is 2.31 bits per heavy atom. The van der Waals surface area contributed by atoms with Gasteiger partial charge < -0.3 is 9.15 Å². The molecule has 0 saturated heterocycles. The second-order valence-corrected chi connectivity index (χ2v) is 10.3. The third kappa shape index (κ3) is 6.79. The lowest BCUT2D eigenvalue weighted by atomic mass is 10.1. The second kappa shape index (κ2) is 12.2. The van der Waals surface area contributed by atoms with Gasteiger partial charge in [0, 0.05) is 5.56 Å². The van der Waals surface area contributed by atoms with Crippen molar-refractivity contribution in [1.82, 2.24) is 5.43 Å². The highest BCUT2D eigenvalue weighted by Gasteiger charge is 2.27. The van der Waals surface area contributed by atoms with E-state index in [0.29, 0.717) is 29.4 Å². The number of carbonyl (C=O) groups excluding carboxylic acids is 2. The van der Waals surface area contributed by atoms with E-state index in [9.17, 15) is 18.0 Å². The van der Waals surface area contributed by atoms with E-state index in [4.69, 9.17) is 9.15 Å². The summed E-state index contributed by atoms with van der Waals surface area (Å²) in [5.41, 5.74) is 4.80. The molecular formula is C29H27N3O6S. The average molecular weight is 546 g/mol. The summed E-state index contributed by atoms with van der Waals surface area (Å²) in [6.07, 6.45) is 1.32. The average Bonchev–Trinajstić information content (AvgIpc) is 3.41. The van der Waals surface area contributed by atoms with Crippen molar-refractivity contribution in [3.63, 3.8) is 0 Å². The first-order valence-corrected chi connectivity index (χ1v) is 13.6. The SMILES string of the molecule is CCOC(=O)c1ccc(-c2ccc(/C=N\NC(=O)CN(c3ccccc3)S(=O)(=O)c3ccc(C)cc3)o2)cc1. The van der Waals surface area contributed by atoms with Gasteiger partial charge in [-0.05, 0) is 62.4 Å². The van der Waals surface area contributed by atoms with Gasteiger partial charge in [0.2, 0.25) is 0 Å². The predicted octanol–water partition coefficient (Wildman–Crippen LogP) is 4.78. The molecule has 1 amide bonds. The smallest absolute Gasteiger partial charge is 0.338 e. The van der Waals surface area contributed by atoms with Gasteiger partial charge in [-0.3, -0.25) is 9.10 Å². The molecule has 9 nitrogen and oxygen atoms in total. The van der Waals surface area contributed by atoms with E-state index in [1.807, 2.05) is 6.92 Å². The zero-order valence-corrected chi connectivity index (χ0v) is 22.2. The van der Waals surface area contributed by atoms with Gasteiger partial charge in [-0.15, -0.1) is 0 Å². The first-order chi connectivity index (χ1) is 18.8. The third-order valence-corrected chi connectivity index (χ3v) is 7.42. The molecule has 10 heteroatoms. The summed E-state index contributed by atoms with van der Waals surface area (Å²) in [7, 11) is -4.01. The van der Waals surface area contributed by atoms with Crippen molar-refractivity contribution >= 4 is 33.8 Å². The van der Waals surface area contributed by atoms with Gasteiger partial charge in [0.15, 0.2) is 0 Å². The number of hydrogen-bond acceptors (Lipinski definition) is 7. The number of carbonyl (C=O) groups is 2. The number of amides is 1. The second-order valence-electron chi connectivity index (χ2n) is 8.45. The number of nitrogens with zero attached hydrogens (tertiary/aromatic N) is 2. The van der Waals surface area contributed by atoms with Crippen LogP contribution < -0.4 is 9.73 Å². The number of rotatable bonds is 10. The van der Waals surface area contributed by atoms with Gasteiger partial charge in [0.1, 0.15) is 18.1 Å². The highest BCUT2D eigenvalue weighted by molar-refractivity contribution is 7.92. The Labute approximate surface area is 226 Å². The van der Waals surface area contributed by atoms with E-state index in [2.05, 4.69) is 10.5 Å². The first kappa shape index (κ1) is 27.3. The van der Waals surface area contributed by atoms with Gasteiger partial charge in [-0.2, -0.15) is 5.10 Å². The van der Waals surface area contributed by atoms with Gasteiger partial charge in [-0.1, -0.05) is 48.0 Å². The minimum absolute atomic E-state index is 0.0756. The molecule has 0 aliphatic carbocycles. The molecule has 0 aliphatic rings. The summed E-state index contributed by atoms with van der Waals surface area (Å²) in [6, 6.07) is 25.0. The minimum Gasteiger partial charge on any atom is -0.462 e. The quantitative estimate of drug-likeness (QED) is 0.174. The third-order valence-electron chi connectivity index (χ3n) is 5.63. The number of aryl methyl sites for hydroxylation is 1. The van der Waals surface area contributed by atoms with Crippen LogP contribution in [0.25, 0.3) is 11.3 Å². The molecule has 200 valence electrons. The maximum atomic E-state index is 13.4. The molecule has 0 saturated carbocycles. The molecule has 1 heterocycles. The standard InChI is InChI=1S/C29H27N3O6S/c1-3-37-29(34)23-13-11-22(12-14-23)27-18-15-25(38-27)19-30-31-28(33)20-32(24-7-5-4-6-8-24)39(35,36)26-16-9-21(2)10-17-26/h4-19H,3,20H2,1-2H3,(H,31,33)/b30-19-. The molecule has 0 fully saturated rings. The van der Waals surface area contributed by atoms with Crippen LogP contribution >= 0.6 is 0 Å². The van der Waals surface area contributed by atoms with Crippen LogP contribution in [0.3, 0.4) is 0 Å². The largest absolute Gasteiger partial charge is 0.462 e. The molecule has 0 bridgehead atoms. The van der Waals surface area contributed by atoms with E-state index in [1.165, 1.54) is 18.3 Å². The molecule has 39 heavy (non-hydrogen) atoms.